The van der Waals surface area contributed by atoms with E-state index < -0.39 is 0 Å². The first-order chi connectivity index (χ1) is 12.8. The molecule has 2 aromatic heterocycles. The van der Waals surface area contributed by atoms with E-state index in [2.05, 4.69) is 36.8 Å². The van der Waals surface area contributed by atoms with Crippen LogP contribution in [0.4, 0.5) is 5.82 Å². The van der Waals surface area contributed by atoms with Crippen LogP contribution in [0.2, 0.25) is 0 Å². The van der Waals surface area contributed by atoms with Gasteiger partial charge in [0.05, 0.1) is 5.69 Å². The molecule has 1 aromatic carbocycles. The van der Waals surface area contributed by atoms with Crippen LogP contribution < -0.4 is 5.32 Å². The number of aromatic nitrogens is 5. The Morgan fingerprint density at radius 1 is 1.12 bits per heavy atom. The summed E-state index contributed by atoms with van der Waals surface area (Å²) in [6.07, 6.45) is 2.17. The third-order valence-electron chi connectivity index (χ3n) is 4.18. The quantitative estimate of drug-likeness (QED) is 0.681. The molecule has 0 bridgehead atoms. The average molecular weight is 347 g/mol. The van der Waals surface area contributed by atoms with Crippen molar-refractivity contribution < 1.29 is 0 Å². The number of aromatic amines is 1. The fraction of sp³-hybridized carbons (Fsp3) is 0.316. The number of hydrogen-bond donors (Lipinski definition) is 2. The Hall–Kier alpha value is -3.27. The number of hydrogen-bond acceptors (Lipinski definition) is 6. The van der Waals surface area contributed by atoms with Gasteiger partial charge in [0, 0.05) is 18.5 Å². The maximum Gasteiger partial charge on any atom is 0.181 e. The molecule has 0 amide bonds. The van der Waals surface area contributed by atoms with Gasteiger partial charge in [-0.15, -0.1) is 5.10 Å². The van der Waals surface area contributed by atoms with Crippen LogP contribution in [-0.4, -0.2) is 31.9 Å². The highest BCUT2D eigenvalue weighted by Crippen LogP contribution is 2.20. The largest absolute Gasteiger partial charge is 0.367 e. The van der Waals surface area contributed by atoms with Crippen molar-refractivity contribution in [2.75, 3.05) is 11.9 Å². The number of nitrogens with zero attached hydrogens (tertiary/aromatic N) is 5. The number of anilines is 1. The van der Waals surface area contributed by atoms with Crippen molar-refractivity contribution in [3.05, 3.63) is 53.0 Å². The number of aryl methyl sites for hydroxylation is 1. The van der Waals surface area contributed by atoms with Crippen molar-refractivity contribution in [3.8, 4) is 17.5 Å². The zero-order valence-corrected chi connectivity index (χ0v) is 15.0. The summed E-state index contributed by atoms with van der Waals surface area (Å²) in [6.45, 7) is 4.63. The Kier molecular flexibility index (Phi) is 5.54. The lowest BCUT2D eigenvalue weighted by atomic mass is 10.0. The van der Waals surface area contributed by atoms with Gasteiger partial charge in [0.1, 0.15) is 17.5 Å². The summed E-state index contributed by atoms with van der Waals surface area (Å²) >= 11 is 0. The van der Waals surface area contributed by atoms with Gasteiger partial charge in [-0.25, -0.2) is 4.98 Å². The van der Waals surface area contributed by atoms with E-state index in [9.17, 15) is 5.26 Å². The Morgan fingerprint density at radius 3 is 2.62 bits per heavy atom. The Balaban J connectivity index is 1.67. The van der Waals surface area contributed by atoms with E-state index in [0.29, 0.717) is 30.2 Å². The Labute approximate surface area is 152 Å². The number of rotatable bonds is 7. The van der Waals surface area contributed by atoms with Gasteiger partial charge in [-0.2, -0.15) is 15.5 Å². The third kappa shape index (κ3) is 3.70. The molecule has 2 N–H and O–H groups in total. The first-order valence-electron chi connectivity index (χ1n) is 8.75. The maximum absolute atomic E-state index is 9.51. The summed E-state index contributed by atoms with van der Waals surface area (Å²) in [5.41, 5.74) is 3.42. The second-order valence-corrected chi connectivity index (χ2v) is 5.82. The molecule has 0 aliphatic heterocycles. The first-order valence-corrected chi connectivity index (χ1v) is 8.75. The third-order valence-corrected chi connectivity index (χ3v) is 4.18. The number of nitriles is 1. The van der Waals surface area contributed by atoms with Gasteiger partial charge in [0.25, 0.3) is 0 Å². The SMILES string of the molecule is CCc1nnc(NCCc2nc(-c3ccccc3)n[nH]2)c(C#N)c1CC. The molecule has 0 aliphatic carbocycles. The van der Waals surface area contributed by atoms with E-state index in [-0.39, 0.29) is 0 Å². The molecule has 7 nitrogen and oxygen atoms in total. The summed E-state index contributed by atoms with van der Waals surface area (Å²) in [5, 5.41) is 28.4. The van der Waals surface area contributed by atoms with Gasteiger partial charge >= 0.3 is 0 Å². The van der Waals surface area contributed by atoms with Gasteiger partial charge in [-0.1, -0.05) is 44.2 Å². The molecule has 0 radical (unpaired) electrons. The molecule has 26 heavy (non-hydrogen) atoms. The van der Waals surface area contributed by atoms with Gasteiger partial charge in [0.2, 0.25) is 0 Å². The Bertz CT molecular complexity index is 909. The highest BCUT2D eigenvalue weighted by atomic mass is 15.2. The zero-order valence-electron chi connectivity index (χ0n) is 15.0. The molecule has 0 unspecified atom stereocenters. The summed E-state index contributed by atoms with van der Waals surface area (Å²) < 4.78 is 0. The molecule has 7 heteroatoms. The minimum Gasteiger partial charge on any atom is -0.367 e. The van der Waals surface area contributed by atoms with E-state index in [4.69, 9.17) is 0 Å². The summed E-state index contributed by atoms with van der Waals surface area (Å²) in [4.78, 5) is 4.51. The molecule has 0 fully saturated rings. The second kappa shape index (κ2) is 8.21. The topological polar surface area (TPSA) is 103 Å². The first kappa shape index (κ1) is 17.5. The van der Waals surface area contributed by atoms with Crippen LogP contribution in [0.1, 0.15) is 36.5 Å². The highest BCUT2D eigenvalue weighted by molar-refractivity contribution is 5.56. The molecule has 0 spiro atoms. The molecule has 0 atom stereocenters. The van der Waals surface area contributed by atoms with Crippen LogP contribution in [0, 0.1) is 11.3 Å². The lowest BCUT2D eigenvalue weighted by Crippen LogP contribution is -2.12. The van der Waals surface area contributed by atoms with E-state index in [1.54, 1.807) is 0 Å². The molecule has 0 saturated carbocycles. The molecular weight excluding hydrogens is 326 g/mol. The van der Waals surface area contributed by atoms with Gasteiger partial charge in [-0.05, 0) is 18.4 Å². The monoisotopic (exact) mass is 347 g/mol. The van der Waals surface area contributed by atoms with E-state index >= 15 is 0 Å². The number of H-pyrrole nitrogens is 1. The van der Waals surface area contributed by atoms with Crippen LogP contribution in [-0.2, 0) is 19.3 Å². The number of benzene rings is 1. The smallest absolute Gasteiger partial charge is 0.181 e. The highest BCUT2D eigenvalue weighted by Gasteiger charge is 2.14. The second-order valence-electron chi connectivity index (χ2n) is 5.82. The predicted molar refractivity (Wildman–Crippen MR) is 99.5 cm³/mol. The molecule has 0 saturated heterocycles. The normalized spacial score (nSPS) is 10.5. The Morgan fingerprint density at radius 2 is 1.92 bits per heavy atom. The zero-order chi connectivity index (χ0) is 18.4. The summed E-state index contributed by atoms with van der Waals surface area (Å²) in [7, 11) is 0. The molecular formula is C19H21N7. The summed E-state index contributed by atoms with van der Waals surface area (Å²) in [5.74, 6) is 1.99. The molecule has 0 aliphatic rings. The van der Waals surface area contributed by atoms with Crippen molar-refractivity contribution in [3.63, 3.8) is 0 Å². The van der Waals surface area contributed by atoms with Crippen LogP contribution in [0.3, 0.4) is 0 Å². The predicted octanol–water partition coefficient (Wildman–Crippen LogP) is 2.91. The summed E-state index contributed by atoms with van der Waals surface area (Å²) in [6, 6.07) is 12.1. The van der Waals surface area contributed by atoms with Gasteiger partial charge in [-0.3, -0.25) is 5.10 Å². The van der Waals surface area contributed by atoms with Crippen LogP contribution in [0.15, 0.2) is 30.3 Å². The number of nitrogens with one attached hydrogen (secondary N) is 2. The van der Waals surface area contributed by atoms with Gasteiger partial charge < -0.3 is 5.32 Å². The fourth-order valence-electron chi connectivity index (χ4n) is 2.84. The van der Waals surface area contributed by atoms with E-state index in [1.165, 1.54) is 0 Å². The van der Waals surface area contributed by atoms with Crippen molar-refractivity contribution in [1.29, 1.82) is 5.26 Å². The van der Waals surface area contributed by atoms with Crippen molar-refractivity contribution in [2.45, 2.75) is 33.1 Å². The maximum atomic E-state index is 9.51. The van der Waals surface area contributed by atoms with Crippen molar-refractivity contribution >= 4 is 5.82 Å². The average Bonchev–Trinajstić information content (AvgIpc) is 3.17. The standard InChI is InChI=1S/C19H21N7/c1-3-14-15(12-20)19(26-23-16(14)4-2)21-11-10-17-22-18(25-24-17)13-8-6-5-7-9-13/h5-9H,3-4,10-11H2,1-2H3,(H,21,26)(H,22,24,25). The van der Waals surface area contributed by atoms with Crippen molar-refractivity contribution in [1.82, 2.24) is 25.4 Å². The minimum atomic E-state index is 0.532. The minimum absolute atomic E-state index is 0.532. The van der Waals surface area contributed by atoms with Crippen LogP contribution >= 0.6 is 0 Å². The van der Waals surface area contributed by atoms with Crippen LogP contribution in [0.5, 0.6) is 0 Å². The fourth-order valence-corrected chi connectivity index (χ4v) is 2.84. The molecule has 3 rings (SSSR count). The molecule has 132 valence electrons. The van der Waals surface area contributed by atoms with E-state index in [0.717, 1.165) is 35.5 Å². The lowest BCUT2D eigenvalue weighted by molar-refractivity contribution is 0.854. The van der Waals surface area contributed by atoms with Gasteiger partial charge in [0.15, 0.2) is 11.6 Å². The van der Waals surface area contributed by atoms with Crippen LogP contribution in [0.25, 0.3) is 11.4 Å². The van der Waals surface area contributed by atoms with Crippen molar-refractivity contribution in [2.24, 2.45) is 0 Å². The van der Waals surface area contributed by atoms with E-state index in [1.807, 2.05) is 44.2 Å². The lowest BCUT2D eigenvalue weighted by Gasteiger charge is -2.11. The molecule has 2 heterocycles. The molecule has 3 aromatic rings.